The van der Waals surface area contributed by atoms with Crippen LogP contribution in [0.1, 0.15) is 52.7 Å². The van der Waals surface area contributed by atoms with Crippen molar-refractivity contribution < 1.29 is 19.2 Å². The Morgan fingerprint density at radius 3 is 2.82 bits per heavy atom. The van der Waals surface area contributed by atoms with Gasteiger partial charge in [0.1, 0.15) is 23.4 Å². The summed E-state index contributed by atoms with van der Waals surface area (Å²) >= 11 is 1.41. The van der Waals surface area contributed by atoms with Gasteiger partial charge in [-0.1, -0.05) is 6.92 Å². The Hall–Kier alpha value is -2.75. The molecule has 0 bridgehead atoms. The van der Waals surface area contributed by atoms with Crippen LogP contribution in [-0.4, -0.2) is 33.2 Å². The summed E-state index contributed by atoms with van der Waals surface area (Å²) in [5, 5.41) is 18.2. The molecular formula is C18H22N4O5S. The van der Waals surface area contributed by atoms with Crippen LogP contribution in [0.25, 0.3) is 0 Å². The molecular weight excluding hydrogens is 384 g/mol. The molecule has 1 amide bonds. The fraction of sp³-hybridized carbons (Fsp3) is 0.500. The molecule has 0 unspecified atom stereocenters. The minimum Gasteiger partial charge on any atom is -0.462 e. The second-order valence-electron chi connectivity index (χ2n) is 6.65. The first-order valence-corrected chi connectivity index (χ1v) is 10.0. The summed E-state index contributed by atoms with van der Waals surface area (Å²) in [7, 11) is 0. The lowest BCUT2D eigenvalue weighted by molar-refractivity contribution is -0.385. The first kappa shape index (κ1) is 20.0. The smallest absolute Gasteiger partial charge is 0.341 e. The average Bonchev–Trinajstić information content (AvgIpc) is 3.19. The number of amides is 1. The van der Waals surface area contributed by atoms with Crippen LogP contribution in [0.15, 0.2) is 6.20 Å². The first-order valence-electron chi connectivity index (χ1n) is 9.20. The van der Waals surface area contributed by atoms with Gasteiger partial charge in [0.25, 0.3) is 0 Å². The molecule has 150 valence electrons. The van der Waals surface area contributed by atoms with Gasteiger partial charge in [0.2, 0.25) is 5.91 Å². The van der Waals surface area contributed by atoms with Gasteiger partial charge < -0.3 is 10.1 Å². The third-order valence-corrected chi connectivity index (χ3v) is 5.70. The summed E-state index contributed by atoms with van der Waals surface area (Å²) < 4.78 is 6.54. The number of hydrogen-bond acceptors (Lipinski definition) is 7. The first-order chi connectivity index (χ1) is 13.4. The number of rotatable bonds is 7. The van der Waals surface area contributed by atoms with Gasteiger partial charge in [0, 0.05) is 4.88 Å². The predicted molar refractivity (Wildman–Crippen MR) is 104 cm³/mol. The molecule has 1 N–H and O–H groups in total. The molecule has 0 saturated heterocycles. The Bertz CT molecular complexity index is 917. The van der Waals surface area contributed by atoms with Crippen molar-refractivity contribution in [2.75, 3.05) is 11.9 Å². The van der Waals surface area contributed by atoms with Crippen molar-refractivity contribution in [2.45, 2.75) is 52.5 Å². The molecule has 0 aliphatic heterocycles. The van der Waals surface area contributed by atoms with Crippen LogP contribution in [0, 0.1) is 17.0 Å². The number of anilines is 1. The molecule has 9 nitrogen and oxygen atoms in total. The Morgan fingerprint density at radius 1 is 1.39 bits per heavy atom. The van der Waals surface area contributed by atoms with Crippen molar-refractivity contribution in [3.63, 3.8) is 0 Å². The van der Waals surface area contributed by atoms with Gasteiger partial charge in [-0.3, -0.25) is 19.6 Å². The fourth-order valence-electron chi connectivity index (χ4n) is 3.22. The average molecular weight is 406 g/mol. The minimum absolute atomic E-state index is 0.136. The molecule has 1 aliphatic carbocycles. The normalized spacial score (nSPS) is 13.1. The monoisotopic (exact) mass is 406 g/mol. The highest BCUT2D eigenvalue weighted by Gasteiger charge is 2.27. The van der Waals surface area contributed by atoms with Crippen LogP contribution >= 0.6 is 11.3 Å². The number of nitrogens with one attached hydrogen (secondary N) is 1. The predicted octanol–water partition coefficient (Wildman–Crippen LogP) is 3.25. The maximum absolute atomic E-state index is 12.6. The zero-order valence-electron chi connectivity index (χ0n) is 15.8. The summed E-state index contributed by atoms with van der Waals surface area (Å²) in [6, 6.07) is 0. The highest BCUT2D eigenvalue weighted by atomic mass is 32.1. The van der Waals surface area contributed by atoms with Crippen LogP contribution in [-0.2, 0) is 28.9 Å². The van der Waals surface area contributed by atoms with Crippen molar-refractivity contribution in [2.24, 2.45) is 0 Å². The molecule has 0 fully saturated rings. The number of carbonyl (C=O) groups excluding carboxylic acids is 2. The van der Waals surface area contributed by atoms with Crippen LogP contribution < -0.4 is 5.32 Å². The second kappa shape index (κ2) is 8.51. The molecule has 0 radical (unpaired) electrons. The second-order valence-corrected chi connectivity index (χ2v) is 7.76. The Morgan fingerprint density at radius 2 is 2.14 bits per heavy atom. The number of aryl methyl sites for hydroxylation is 2. The lowest BCUT2D eigenvalue weighted by Crippen LogP contribution is -2.20. The minimum atomic E-state index is -0.536. The van der Waals surface area contributed by atoms with E-state index >= 15 is 0 Å². The van der Waals surface area contributed by atoms with Crippen LogP contribution in [0.3, 0.4) is 0 Å². The molecule has 10 heteroatoms. The highest BCUT2D eigenvalue weighted by molar-refractivity contribution is 7.17. The van der Waals surface area contributed by atoms with E-state index in [9.17, 15) is 19.7 Å². The Labute approximate surface area is 165 Å². The van der Waals surface area contributed by atoms with Gasteiger partial charge >= 0.3 is 11.7 Å². The summed E-state index contributed by atoms with van der Waals surface area (Å²) in [5.41, 5.74) is 1.53. The zero-order valence-corrected chi connectivity index (χ0v) is 16.6. The van der Waals surface area contributed by atoms with E-state index in [0.717, 1.165) is 42.5 Å². The van der Waals surface area contributed by atoms with E-state index in [0.29, 0.717) is 17.2 Å². The summed E-state index contributed by atoms with van der Waals surface area (Å²) in [5.74, 6) is -0.817. The largest absolute Gasteiger partial charge is 0.462 e. The van der Waals surface area contributed by atoms with Crippen LogP contribution in [0.4, 0.5) is 10.7 Å². The summed E-state index contributed by atoms with van der Waals surface area (Å²) in [4.78, 5) is 36.6. The molecule has 2 aromatic rings. The van der Waals surface area contributed by atoms with Gasteiger partial charge in [0.05, 0.1) is 17.1 Å². The molecule has 0 atom stereocenters. The molecule has 0 spiro atoms. The van der Waals surface area contributed by atoms with E-state index in [1.165, 1.54) is 29.1 Å². The number of thiophene rings is 1. The number of fused-ring (bicyclic) bond motifs is 1. The molecule has 2 heterocycles. The van der Waals surface area contributed by atoms with Crippen molar-refractivity contribution in [3.05, 3.63) is 38.0 Å². The van der Waals surface area contributed by atoms with E-state index in [2.05, 4.69) is 10.4 Å². The SMILES string of the molecule is CCCOC(=O)c1c(NC(=O)Cn2cc([N+](=O)[O-])c(C)n2)sc2c1CCCC2. The lowest BCUT2D eigenvalue weighted by atomic mass is 9.95. The third kappa shape index (κ3) is 4.22. The molecule has 28 heavy (non-hydrogen) atoms. The number of aromatic nitrogens is 2. The number of nitrogens with zero attached hydrogens (tertiary/aromatic N) is 3. The Kier molecular flexibility index (Phi) is 6.08. The summed E-state index contributed by atoms with van der Waals surface area (Å²) in [6.07, 6.45) is 5.68. The fourth-order valence-corrected chi connectivity index (χ4v) is 4.51. The molecule has 2 aromatic heterocycles. The van der Waals surface area contributed by atoms with Crippen molar-refractivity contribution in [3.8, 4) is 0 Å². The van der Waals surface area contributed by atoms with Gasteiger partial charge in [-0.2, -0.15) is 5.10 Å². The molecule has 1 aliphatic rings. The number of ether oxygens (including phenoxy) is 1. The number of nitro groups is 1. The van der Waals surface area contributed by atoms with Gasteiger partial charge in [-0.25, -0.2) is 4.79 Å². The highest BCUT2D eigenvalue weighted by Crippen LogP contribution is 2.38. The van der Waals surface area contributed by atoms with E-state index in [1.54, 1.807) is 0 Å². The standard InChI is InChI=1S/C18H22N4O5S/c1-3-8-27-18(24)16-12-6-4-5-7-14(12)28-17(16)19-15(23)10-21-9-13(22(25)26)11(2)20-21/h9H,3-8,10H2,1-2H3,(H,19,23). The lowest BCUT2D eigenvalue weighted by Gasteiger charge is -2.12. The molecule has 0 aromatic carbocycles. The van der Waals surface area contributed by atoms with Gasteiger partial charge in [-0.05, 0) is 44.6 Å². The van der Waals surface area contributed by atoms with Crippen molar-refractivity contribution in [1.82, 2.24) is 9.78 Å². The quantitative estimate of drug-likeness (QED) is 0.429. The molecule has 0 saturated carbocycles. The van der Waals surface area contributed by atoms with Crippen molar-refractivity contribution in [1.29, 1.82) is 0 Å². The number of carbonyl (C=O) groups is 2. The van der Waals surface area contributed by atoms with Gasteiger partial charge in [-0.15, -0.1) is 11.3 Å². The number of hydrogen-bond donors (Lipinski definition) is 1. The number of esters is 1. The maximum Gasteiger partial charge on any atom is 0.341 e. The third-order valence-electron chi connectivity index (χ3n) is 4.49. The van der Waals surface area contributed by atoms with Gasteiger partial charge in [0.15, 0.2) is 0 Å². The molecule has 3 rings (SSSR count). The zero-order chi connectivity index (χ0) is 20.3. The van der Waals surface area contributed by atoms with E-state index in [1.807, 2.05) is 6.92 Å². The van der Waals surface area contributed by atoms with Crippen LogP contribution in [0.2, 0.25) is 0 Å². The van der Waals surface area contributed by atoms with E-state index in [-0.39, 0.29) is 17.9 Å². The van der Waals surface area contributed by atoms with Crippen molar-refractivity contribution >= 4 is 33.9 Å². The van der Waals surface area contributed by atoms with E-state index < -0.39 is 16.8 Å². The maximum atomic E-state index is 12.6. The summed E-state index contributed by atoms with van der Waals surface area (Å²) in [6.45, 7) is 3.58. The van der Waals surface area contributed by atoms with E-state index in [4.69, 9.17) is 4.74 Å². The van der Waals surface area contributed by atoms with Crippen LogP contribution in [0.5, 0.6) is 0 Å². The Balaban J connectivity index is 1.80. The topological polar surface area (TPSA) is 116 Å².